The highest BCUT2D eigenvalue weighted by atomic mass is 31.0. The maximum atomic E-state index is 5.58. The van der Waals surface area contributed by atoms with E-state index in [9.17, 15) is 0 Å². The molecule has 1 rings (SSSR count). The first-order valence-corrected chi connectivity index (χ1v) is 4.55. The van der Waals surface area contributed by atoms with Crippen LogP contribution in [0.3, 0.4) is 0 Å². The zero-order chi connectivity index (χ0) is 9.68. The second kappa shape index (κ2) is 5.30. The zero-order valence-electron chi connectivity index (χ0n) is 7.73. The van der Waals surface area contributed by atoms with Gasteiger partial charge in [0, 0.05) is 23.1 Å². The Balaban J connectivity index is 2.78. The molecule has 1 aromatic rings. The van der Waals surface area contributed by atoms with Crippen LogP contribution in [-0.2, 0) is 17.7 Å². The molecule has 72 valence electrons. The largest absolute Gasteiger partial charge is 0.361 e. The van der Waals surface area contributed by atoms with Crippen molar-refractivity contribution >= 4 is 9.47 Å². The molecule has 3 nitrogen and oxygen atoms in total. The molecular weight excluding hydrogens is 183 g/mol. The quantitative estimate of drug-likeness (QED) is 0.450. The third-order valence-electron chi connectivity index (χ3n) is 1.78. The summed E-state index contributed by atoms with van der Waals surface area (Å²) in [5, 5.41) is 1.65. The summed E-state index contributed by atoms with van der Waals surface area (Å²) in [6, 6.07) is 8.11. The van der Waals surface area contributed by atoms with Gasteiger partial charge >= 0.3 is 0 Å². The molecule has 1 unspecified atom stereocenters. The van der Waals surface area contributed by atoms with Gasteiger partial charge in [0.2, 0.25) is 0 Å². The molecule has 13 heavy (non-hydrogen) atoms. The van der Waals surface area contributed by atoms with Gasteiger partial charge in [0.1, 0.15) is 0 Å². The minimum atomic E-state index is 0.606. The minimum Gasteiger partial charge on any atom is -0.361 e. The van der Waals surface area contributed by atoms with Crippen LogP contribution >= 0.6 is 9.47 Å². The third kappa shape index (κ3) is 3.41. The average Bonchev–Trinajstić information content (AvgIpc) is 2.08. The summed E-state index contributed by atoms with van der Waals surface area (Å²) < 4.78 is 5.01. The third-order valence-corrected chi connectivity index (χ3v) is 1.94. The molecule has 0 heterocycles. The van der Waals surface area contributed by atoms with E-state index in [1.165, 1.54) is 11.1 Å². The fourth-order valence-electron chi connectivity index (χ4n) is 1.21. The van der Waals surface area contributed by atoms with Gasteiger partial charge in [-0.1, -0.05) is 24.3 Å². The molecule has 2 N–H and O–H groups in total. The molecule has 0 saturated heterocycles. The highest BCUT2D eigenvalue weighted by Crippen LogP contribution is 2.12. The van der Waals surface area contributed by atoms with Gasteiger partial charge in [-0.15, -0.1) is 0 Å². The highest BCUT2D eigenvalue weighted by molar-refractivity contribution is 7.09. The van der Waals surface area contributed by atoms with E-state index in [1.807, 2.05) is 25.2 Å². The van der Waals surface area contributed by atoms with E-state index in [4.69, 9.17) is 10.4 Å². The van der Waals surface area contributed by atoms with Crippen LogP contribution in [0, 0.1) is 0 Å². The van der Waals surface area contributed by atoms with E-state index in [0.717, 1.165) is 6.54 Å². The van der Waals surface area contributed by atoms with Gasteiger partial charge in [-0.05, 0) is 11.1 Å². The lowest BCUT2D eigenvalue weighted by molar-refractivity contribution is 0.328. The Labute approximate surface area is 81.1 Å². The fourth-order valence-corrected chi connectivity index (χ4v) is 1.39. The van der Waals surface area contributed by atoms with Crippen molar-refractivity contribution in [2.45, 2.75) is 13.2 Å². The van der Waals surface area contributed by atoms with Gasteiger partial charge in [0.25, 0.3) is 0 Å². The molecule has 0 saturated carbocycles. The Hall–Kier alpha value is -0.470. The van der Waals surface area contributed by atoms with Crippen molar-refractivity contribution in [2.24, 2.45) is 5.84 Å². The van der Waals surface area contributed by atoms with E-state index < -0.39 is 0 Å². The van der Waals surface area contributed by atoms with Crippen molar-refractivity contribution in [3.63, 3.8) is 0 Å². The topological polar surface area (TPSA) is 38.5 Å². The molecule has 1 aromatic carbocycles. The van der Waals surface area contributed by atoms with Crippen LogP contribution in [0.2, 0.25) is 0 Å². The number of hydrogen-bond donors (Lipinski definition) is 1. The predicted molar refractivity (Wildman–Crippen MR) is 56.6 cm³/mol. The Morgan fingerprint density at radius 2 is 2.00 bits per heavy atom. The summed E-state index contributed by atoms with van der Waals surface area (Å²) in [6.07, 6.45) is 0. The van der Waals surface area contributed by atoms with Crippen LogP contribution in [-0.4, -0.2) is 12.1 Å². The molecule has 0 spiro atoms. The van der Waals surface area contributed by atoms with E-state index in [0.29, 0.717) is 6.61 Å². The minimum absolute atomic E-state index is 0.606. The van der Waals surface area contributed by atoms with Gasteiger partial charge in [0.15, 0.2) is 0 Å². The first-order chi connectivity index (χ1) is 6.24. The summed E-state index contributed by atoms with van der Waals surface area (Å²) in [4.78, 5) is 0. The molecule has 0 aliphatic rings. The number of benzene rings is 1. The summed E-state index contributed by atoms with van der Waals surface area (Å²) in [5.41, 5.74) is 2.38. The lowest BCUT2D eigenvalue weighted by atomic mass is 10.1. The summed E-state index contributed by atoms with van der Waals surface area (Å²) >= 11 is 0. The molecule has 0 aliphatic carbocycles. The smallest absolute Gasteiger partial charge is 0.0755 e. The molecule has 1 atom stereocenters. The maximum Gasteiger partial charge on any atom is 0.0755 e. The second-order valence-corrected chi connectivity index (χ2v) is 3.33. The van der Waals surface area contributed by atoms with E-state index in [1.54, 1.807) is 5.01 Å². The molecule has 4 heteroatoms. The van der Waals surface area contributed by atoms with Crippen LogP contribution in [0.15, 0.2) is 24.3 Å². The van der Waals surface area contributed by atoms with Crippen LogP contribution in [0.4, 0.5) is 0 Å². The lowest BCUT2D eigenvalue weighted by Gasteiger charge is -2.13. The highest BCUT2D eigenvalue weighted by Gasteiger charge is 2.01. The Morgan fingerprint density at radius 1 is 1.38 bits per heavy atom. The Kier molecular flexibility index (Phi) is 4.33. The van der Waals surface area contributed by atoms with Crippen LogP contribution in [0.25, 0.3) is 0 Å². The van der Waals surface area contributed by atoms with Gasteiger partial charge in [-0.2, -0.15) is 0 Å². The predicted octanol–water partition coefficient (Wildman–Crippen LogP) is 1.30. The fraction of sp³-hybridized carbons (Fsp3) is 0.333. The molecule has 0 aromatic heterocycles. The van der Waals surface area contributed by atoms with Gasteiger partial charge in [-0.25, -0.2) is 5.01 Å². The van der Waals surface area contributed by atoms with Crippen molar-refractivity contribution in [2.75, 3.05) is 7.05 Å². The van der Waals surface area contributed by atoms with Crippen molar-refractivity contribution < 1.29 is 4.52 Å². The van der Waals surface area contributed by atoms with Crippen molar-refractivity contribution in [3.05, 3.63) is 35.4 Å². The van der Waals surface area contributed by atoms with Crippen LogP contribution < -0.4 is 5.84 Å². The first-order valence-electron chi connectivity index (χ1n) is 4.08. The van der Waals surface area contributed by atoms with Crippen molar-refractivity contribution in [1.29, 1.82) is 0 Å². The van der Waals surface area contributed by atoms with E-state index in [-0.39, 0.29) is 0 Å². The standard InChI is InChI=1S/C9H15N2OP/c1-11(10)6-8-4-2-3-5-9(8)7-12-13/h2-5H,6-7,10,13H2,1H3. The number of hydrogen-bond acceptors (Lipinski definition) is 3. The van der Waals surface area contributed by atoms with Crippen molar-refractivity contribution in [1.82, 2.24) is 5.01 Å². The monoisotopic (exact) mass is 198 g/mol. The SMILES string of the molecule is CN(N)Cc1ccccc1COP. The Morgan fingerprint density at radius 3 is 2.54 bits per heavy atom. The van der Waals surface area contributed by atoms with E-state index >= 15 is 0 Å². The summed E-state index contributed by atoms with van der Waals surface area (Å²) in [6.45, 7) is 1.35. The number of nitrogens with zero attached hydrogens (tertiary/aromatic N) is 1. The molecule has 0 amide bonds. The molecule has 0 aliphatic heterocycles. The molecule has 0 fully saturated rings. The zero-order valence-corrected chi connectivity index (χ0v) is 8.89. The number of nitrogens with two attached hydrogens (primary N) is 1. The lowest BCUT2D eigenvalue weighted by Crippen LogP contribution is -2.25. The summed E-state index contributed by atoms with van der Waals surface area (Å²) in [5.74, 6) is 5.58. The van der Waals surface area contributed by atoms with E-state index in [2.05, 4.69) is 15.5 Å². The average molecular weight is 198 g/mol. The normalized spacial score (nSPS) is 10.8. The van der Waals surface area contributed by atoms with Crippen LogP contribution in [0.1, 0.15) is 11.1 Å². The molecular formula is C9H15N2OP. The molecule has 0 bridgehead atoms. The number of rotatable bonds is 4. The van der Waals surface area contributed by atoms with Crippen molar-refractivity contribution in [3.8, 4) is 0 Å². The number of hydrazine groups is 1. The van der Waals surface area contributed by atoms with Gasteiger partial charge in [-0.3, -0.25) is 5.84 Å². The molecule has 0 radical (unpaired) electrons. The summed E-state index contributed by atoms with van der Waals surface area (Å²) in [7, 11) is 4.10. The maximum absolute atomic E-state index is 5.58. The second-order valence-electron chi connectivity index (χ2n) is 2.99. The van der Waals surface area contributed by atoms with Gasteiger partial charge in [0.05, 0.1) is 6.61 Å². The first kappa shape index (κ1) is 10.6. The van der Waals surface area contributed by atoms with Crippen LogP contribution in [0.5, 0.6) is 0 Å². The van der Waals surface area contributed by atoms with Gasteiger partial charge < -0.3 is 4.52 Å². The Bertz CT molecular complexity index is 266.